The van der Waals surface area contributed by atoms with Crippen LogP contribution in [-0.4, -0.2) is 47.1 Å². The number of fused-ring (bicyclic) bond motifs is 1. The van der Waals surface area contributed by atoms with E-state index in [2.05, 4.69) is 15.1 Å². The average Bonchev–Trinajstić information content (AvgIpc) is 2.70. The van der Waals surface area contributed by atoms with Crippen LogP contribution in [0.4, 0.5) is 5.69 Å². The smallest absolute Gasteiger partial charge is 0.358 e. The lowest BCUT2D eigenvalue weighted by Gasteiger charge is -2.26. The van der Waals surface area contributed by atoms with Gasteiger partial charge < -0.3 is 14.7 Å². The molecule has 0 saturated carbocycles. The van der Waals surface area contributed by atoms with Crippen molar-refractivity contribution >= 4 is 22.6 Å². The minimum atomic E-state index is -1.05. The zero-order valence-corrected chi connectivity index (χ0v) is 11.8. The van der Waals surface area contributed by atoms with Crippen LogP contribution in [-0.2, 0) is 4.74 Å². The van der Waals surface area contributed by atoms with E-state index in [1.807, 2.05) is 31.2 Å². The van der Waals surface area contributed by atoms with Crippen molar-refractivity contribution in [1.82, 2.24) is 10.2 Å². The number of aromatic nitrogens is 2. The minimum absolute atomic E-state index is 0.00259. The number of ether oxygens (including phenoxy) is 1. The van der Waals surface area contributed by atoms with Gasteiger partial charge in [0.2, 0.25) is 0 Å². The molecule has 0 spiro atoms. The monoisotopic (exact) mass is 287 g/mol. The summed E-state index contributed by atoms with van der Waals surface area (Å²) in [5.41, 5.74) is 1.35. The second kappa shape index (κ2) is 5.65. The van der Waals surface area contributed by atoms with Crippen LogP contribution in [0.3, 0.4) is 0 Å². The van der Waals surface area contributed by atoms with Gasteiger partial charge in [0.1, 0.15) is 0 Å². The topological polar surface area (TPSA) is 75.6 Å². The second-order valence-electron chi connectivity index (χ2n) is 5.20. The SMILES string of the molecule is CC1CN(c2c(C(=O)O)nnc3ccccc23)CCCO1. The van der Waals surface area contributed by atoms with Crippen LogP contribution >= 0.6 is 0 Å². The predicted octanol–water partition coefficient (Wildman–Crippen LogP) is 1.94. The van der Waals surface area contributed by atoms with Crippen LogP contribution in [0.25, 0.3) is 10.9 Å². The lowest BCUT2D eigenvalue weighted by atomic mass is 10.1. The Hall–Kier alpha value is -2.21. The highest BCUT2D eigenvalue weighted by atomic mass is 16.5. The first-order chi connectivity index (χ1) is 10.2. The quantitative estimate of drug-likeness (QED) is 0.909. The van der Waals surface area contributed by atoms with Crippen molar-refractivity contribution in [2.24, 2.45) is 0 Å². The van der Waals surface area contributed by atoms with E-state index in [1.165, 1.54) is 0 Å². The third kappa shape index (κ3) is 2.67. The predicted molar refractivity (Wildman–Crippen MR) is 78.7 cm³/mol. The largest absolute Gasteiger partial charge is 0.476 e. The summed E-state index contributed by atoms with van der Waals surface area (Å²) in [7, 11) is 0. The summed E-state index contributed by atoms with van der Waals surface area (Å²) >= 11 is 0. The Morgan fingerprint density at radius 2 is 2.19 bits per heavy atom. The molecule has 0 radical (unpaired) electrons. The number of benzene rings is 1. The first-order valence-electron chi connectivity index (χ1n) is 7.02. The molecule has 0 amide bonds. The highest BCUT2D eigenvalue weighted by Crippen LogP contribution is 2.29. The Bertz CT molecular complexity index is 674. The lowest BCUT2D eigenvalue weighted by Crippen LogP contribution is -2.32. The van der Waals surface area contributed by atoms with Crippen LogP contribution in [0.1, 0.15) is 23.8 Å². The van der Waals surface area contributed by atoms with Gasteiger partial charge in [-0.2, -0.15) is 0 Å². The van der Waals surface area contributed by atoms with Crippen LogP contribution in [0.5, 0.6) is 0 Å². The van der Waals surface area contributed by atoms with Crippen LogP contribution in [0.2, 0.25) is 0 Å². The molecule has 6 heteroatoms. The standard InChI is InChI=1S/C15H17N3O3/c1-10-9-18(7-4-8-21-10)14-11-5-2-3-6-12(11)16-17-13(14)15(19)20/h2-3,5-6,10H,4,7-9H2,1H3,(H,19,20). The van der Waals surface area contributed by atoms with E-state index >= 15 is 0 Å². The van der Waals surface area contributed by atoms with Crippen molar-refractivity contribution < 1.29 is 14.6 Å². The maximum absolute atomic E-state index is 11.5. The maximum Gasteiger partial charge on any atom is 0.358 e. The molecule has 1 atom stereocenters. The molecular weight excluding hydrogens is 270 g/mol. The molecule has 1 unspecified atom stereocenters. The third-order valence-corrected chi connectivity index (χ3v) is 3.61. The van der Waals surface area contributed by atoms with Crippen molar-refractivity contribution in [2.45, 2.75) is 19.4 Å². The normalized spacial score (nSPS) is 19.5. The molecule has 2 aromatic rings. The molecule has 1 saturated heterocycles. The number of rotatable bonds is 2. The Morgan fingerprint density at radius 3 is 3.00 bits per heavy atom. The number of hydrogen-bond donors (Lipinski definition) is 1. The lowest BCUT2D eigenvalue weighted by molar-refractivity contribution is 0.0689. The number of nitrogens with zero attached hydrogens (tertiary/aromatic N) is 3. The first-order valence-corrected chi connectivity index (χ1v) is 7.02. The summed E-state index contributed by atoms with van der Waals surface area (Å²) in [5.74, 6) is -1.05. The summed E-state index contributed by atoms with van der Waals surface area (Å²) in [5, 5.41) is 18.2. The summed E-state index contributed by atoms with van der Waals surface area (Å²) < 4.78 is 5.64. The fourth-order valence-electron chi connectivity index (χ4n) is 2.70. The van der Waals surface area contributed by atoms with Gasteiger partial charge in [-0.1, -0.05) is 18.2 Å². The first kappa shape index (κ1) is 13.8. The zero-order chi connectivity index (χ0) is 14.8. The summed E-state index contributed by atoms with van der Waals surface area (Å²) in [6.45, 7) is 4.09. The third-order valence-electron chi connectivity index (χ3n) is 3.61. The molecule has 1 aliphatic heterocycles. The van der Waals surface area contributed by atoms with Crippen molar-refractivity contribution in [3.05, 3.63) is 30.0 Å². The van der Waals surface area contributed by atoms with Gasteiger partial charge in [0.15, 0.2) is 5.69 Å². The number of aromatic carboxylic acids is 1. The second-order valence-corrected chi connectivity index (χ2v) is 5.20. The highest BCUT2D eigenvalue weighted by molar-refractivity contribution is 6.02. The van der Waals surface area contributed by atoms with Gasteiger partial charge in [-0.25, -0.2) is 4.79 Å². The number of carbonyl (C=O) groups is 1. The summed E-state index contributed by atoms with van der Waals surface area (Å²) in [6, 6.07) is 7.49. The molecule has 0 aliphatic carbocycles. The molecule has 21 heavy (non-hydrogen) atoms. The molecule has 1 fully saturated rings. The van der Waals surface area contributed by atoms with Crippen LogP contribution in [0.15, 0.2) is 24.3 Å². The van der Waals surface area contributed by atoms with Crippen LogP contribution < -0.4 is 4.90 Å². The van der Waals surface area contributed by atoms with Crippen molar-refractivity contribution in [2.75, 3.05) is 24.6 Å². The Morgan fingerprint density at radius 1 is 1.38 bits per heavy atom. The van der Waals surface area contributed by atoms with Crippen molar-refractivity contribution in [3.8, 4) is 0 Å². The molecule has 1 aromatic carbocycles. The number of carboxylic acid groups (broad SMARTS) is 1. The molecule has 0 bridgehead atoms. The van der Waals surface area contributed by atoms with Crippen LogP contribution in [0, 0.1) is 0 Å². The van der Waals surface area contributed by atoms with Gasteiger partial charge in [0, 0.05) is 25.1 Å². The highest BCUT2D eigenvalue weighted by Gasteiger charge is 2.24. The summed E-state index contributed by atoms with van der Waals surface area (Å²) in [4.78, 5) is 13.6. The van der Waals surface area contributed by atoms with Crippen molar-refractivity contribution in [1.29, 1.82) is 0 Å². The molecule has 6 nitrogen and oxygen atoms in total. The maximum atomic E-state index is 11.5. The van der Waals surface area contributed by atoms with E-state index in [9.17, 15) is 9.90 Å². The molecule has 2 heterocycles. The Balaban J connectivity index is 2.17. The fraction of sp³-hybridized carbons (Fsp3) is 0.400. The van der Waals surface area contributed by atoms with E-state index in [1.54, 1.807) is 0 Å². The van der Waals surface area contributed by atoms with E-state index in [-0.39, 0.29) is 11.8 Å². The molecule has 1 N–H and O–H groups in total. The van der Waals surface area contributed by atoms with E-state index in [0.717, 1.165) is 18.4 Å². The summed E-state index contributed by atoms with van der Waals surface area (Å²) in [6.07, 6.45) is 0.918. The van der Waals surface area contributed by atoms with E-state index in [0.29, 0.717) is 24.4 Å². The Labute approximate surface area is 122 Å². The average molecular weight is 287 g/mol. The van der Waals surface area contributed by atoms with Gasteiger partial charge in [-0.15, -0.1) is 10.2 Å². The number of hydrogen-bond acceptors (Lipinski definition) is 5. The number of anilines is 1. The van der Waals surface area contributed by atoms with Gasteiger partial charge in [-0.3, -0.25) is 0 Å². The van der Waals surface area contributed by atoms with E-state index < -0.39 is 5.97 Å². The fourth-order valence-corrected chi connectivity index (χ4v) is 2.70. The molecule has 3 rings (SSSR count). The molecule has 1 aliphatic rings. The van der Waals surface area contributed by atoms with Gasteiger partial charge in [0.25, 0.3) is 0 Å². The van der Waals surface area contributed by atoms with Crippen molar-refractivity contribution in [3.63, 3.8) is 0 Å². The zero-order valence-electron chi connectivity index (χ0n) is 11.8. The Kier molecular flexibility index (Phi) is 3.70. The minimum Gasteiger partial charge on any atom is -0.476 e. The molecular formula is C15H17N3O3. The van der Waals surface area contributed by atoms with Gasteiger partial charge in [-0.05, 0) is 19.4 Å². The number of carboxylic acids is 1. The molecule has 110 valence electrons. The van der Waals surface area contributed by atoms with Gasteiger partial charge in [0.05, 0.1) is 17.3 Å². The van der Waals surface area contributed by atoms with E-state index in [4.69, 9.17) is 4.74 Å². The molecule has 1 aromatic heterocycles. The van der Waals surface area contributed by atoms with Gasteiger partial charge >= 0.3 is 5.97 Å².